The summed E-state index contributed by atoms with van der Waals surface area (Å²) < 4.78 is 24.7. The largest absolute Gasteiger partial charge is 0.496 e. The molecule has 156 valence electrons. The highest BCUT2D eigenvalue weighted by molar-refractivity contribution is 5.94. The molecular formula is C23H30FN2O3+. The molecule has 6 heteroatoms. The smallest absolute Gasteiger partial charge is 0.254 e. The van der Waals surface area contributed by atoms with Crippen molar-refractivity contribution in [3.05, 3.63) is 59.4 Å². The summed E-state index contributed by atoms with van der Waals surface area (Å²) >= 11 is 0. The van der Waals surface area contributed by atoms with Gasteiger partial charge in [0.25, 0.3) is 5.91 Å². The molecule has 0 aromatic heterocycles. The quantitative estimate of drug-likeness (QED) is 0.775. The van der Waals surface area contributed by atoms with Gasteiger partial charge < -0.3 is 19.3 Å². The van der Waals surface area contributed by atoms with Crippen LogP contribution in [0.3, 0.4) is 0 Å². The van der Waals surface area contributed by atoms with E-state index < -0.39 is 0 Å². The summed E-state index contributed by atoms with van der Waals surface area (Å²) in [4.78, 5) is 16.1. The first-order chi connectivity index (χ1) is 14.0. The number of quaternary nitrogens is 1. The van der Waals surface area contributed by atoms with E-state index in [0.717, 1.165) is 24.4 Å². The summed E-state index contributed by atoms with van der Waals surface area (Å²) in [6, 6.07) is 12.0. The van der Waals surface area contributed by atoms with E-state index in [2.05, 4.69) is 13.8 Å². The van der Waals surface area contributed by atoms with Gasteiger partial charge in [-0.2, -0.15) is 0 Å². The van der Waals surface area contributed by atoms with Crippen molar-refractivity contribution in [2.45, 2.75) is 20.4 Å². The van der Waals surface area contributed by atoms with Crippen LogP contribution in [0.5, 0.6) is 11.5 Å². The van der Waals surface area contributed by atoms with Crippen molar-refractivity contribution < 1.29 is 23.6 Å². The van der Waals surface area contributed by atoms with Crippen LogP contribution in [0.25, 0.3) is 0 Å². The second-order valence-corrected chi connectivity index (χ2v) is 7.91. The van der Waals surface area contributed by atoms with Crippen molar-refractivity contribution in [1.29, 1.82) is 0 Å². The Bertz CT molecular complexity index is 833. The molecular weight excluding hydrogens is 371 g/mol. The second kappa shape index (κ2) is 9.74. The summed E-state index contributed by atoms with van der Waals surface area (Å²) in [6.07, 6.45) is 0. The van der Waals surface area contributed by atoms with Gasteiger partial charge in [-0.15, -0.1) is 0 Å². The Kier molecular flexibility index (Phi) is 7.09. The van der Waals surface area contributed by atoms with Crippen molar-refractivity contribution >= 4 is 5.91 Å². The highest BCUT2D eigenvalue weighted by atomic mass is 19.1. The van der Waals surface area contributed by atoms with E-state index in [1.54, 1.807) is 13.2 Å². The molecule has 0 bridgehead atoms. The molecule has 0 aliphatic carbocycles. The van der Waals surface area contributed by atoms with E-state index in [1.165, 1.54) is 17.0 Å². The standard InChI is InChI=1S/C23H29FN2O3/c1-17(2)16-29-21-6-4-5-18(14-21)23(27)26-11-9-25(10-12-26)15-19-13-20(24)7-8-22(19)28-3/h4-8,13-14,17H,9-12,15-16H2,1-3H3/p+1. The van der Waals surface area contributed by atoms with Gasteiger partial charge in [0.1, 0.15) is 23.9 Å². The minimum atomic E-state index is -0.256. The maximum Gasteiger partial charge on any atom is 0.254 e. The predicted molar refractivity (Wildman–Crippen MR) is 110 cm³/mol. The van der Waals surface area contributed by atoms with Gasteiger partial charge in [-0.3, -0.25) is 4.79 Å². The number of ether oxygens (including phenoxy) is 2. The first-order valence-electron chi connectivity index (χ1n) is 10.1. The molecule has 1 aliphatic heterocycles. The van der Waals surface area contributed by atoms with Crippen LogP contribution in [0.4, 0.5) is 4.39 Å². The van der Waals surface area contributed by atoms with Crippen LogP contribution in [-0.2, 0) is 6.54 Å². The van der Waals surface area contributed by atoms with Crippen molar-refractivity contribution in [3.8, 4) is 11.5 Å². The zero-order valence-corrected chi connectivity index (χ0v) is 17.4. The molecule has 0 radical (unpaired) electrons. The Morgan fingerprint density at radius 1 is 1.17 bits per heavy atom. The molecule has 1 heterocycles. The summed E-state index contributed by atoms with van der Waals surface area (Å²) in [6.45, 7) is 8.47. The lowest BCUT2D eigenvalue weighted by atomic mass is 10.1. The number of nitrogens with one attached hydrogen (secondary N) is 1. The SMILES string of the molecule is COc1ccc(F)cc1C[NH+]1CCN(C(=O)c2cccc(OCC(C)C)c2)CC1. The van der Waals surface area contributed by atoms with Crippen LogP contribution in [-0.4, -0.2) is 50.7 Å². The van der Waals surface area contributed by atoms with Crippen molar-refractivity contribution in [3.63, 3.8) is 0 Å². The fourth-order valence-corrected chi connectivity index (χ4v) is 3.52. The minimum Gasteiger partial charge on any atom is -0.496 e. The maximum absolute atomic E-state index is 13.6. The zero-order valence-electron chi connectivity index (χ0n) is 17.4. The van der Waals surface area contributed by atoms with Crippen LogP contribution in [0.2, 0.25) is 0 Å². The van der Waals surface area contributed by atoms with Gasteiger partial charge in [0.05, 0.1) is 45.5 Å². The predicted octanol–water partition coefficient (Wildman–Crippen LogP) is 2.41. The average Bonchev–Trinajstić information content (AvgIpc) is 2.73. The topological polar surface area (TPSA) is 43.2 Å². The Hall–Kier alpha value is -2.60. The van der Waals surface area contributed by atoms with E-state index in [4.69, 9.17) is 9.47 Å². The van der Waals surface area contributed by atoms with Crippen LogP contribution in [0.1, 0.15) is 29.8 Å². The third kappa shape index (κ3) is 5.70. The Labute approximate surface area is 172 Å². The summed E-state index contributed by atoms with van der Waals surface area (Å²) in [5, 5.41) is 0. The molecule has 1 fully saturated rings. The summed E-state index contributed by atoms with van der Waals surface area (Å²) in [5.74, 6) is 1.64. The monoisotopic (exact) mass is 401 g/mol. The van der Waals surface area contributed by atoms with Gasteiger partial charge in [-0.1, -0.05) is 19.9 Å². The van der Waals surface area contributed by atoms with Gasteiger partial charge in [-0.25, -0.2) is 4.39 Å². The molecule has 1 N–H and O–H groups in total. The van der Waals surface area contributed by atoms with E-state index in [-0.39, 0.29) is 11.7 Å². The van der Waals surface area contributed by atoms with Crippen molar-refractivity contribution in [1.82, 2.24) is 4.90 Å². The molecule has 2 aromatic rings. The van der Waals surface area contributed by atoms with Gasteiger partial charge in [0, 0.05) is 5.56 Å². The van der Waals surface area contributed by atoms with E-state index >= 15 is 0 Å². The summed E-state index contributed by atoms with van der Waals surface area (Å²) in [7, 11) is 1.60. The number of carbonyl (C=O) groups excluding carboxylic acids is 1. The molecule has 1 amide bonds. The maximum atomic E-state index is 13.6. The lowest BCUT2D eigenvalue weighted by molar-refractivity contribution is -0.917. The number of hydrogen-bond acceptors (Lipinski definition) is 3. The van der Waals surface area contributed by atoms with Crippen LogP contribution in [0, 0.1) is 11.7 Å². The number of rotatable bonds is 7. The Morgan fingerprint density at radius 2 is 1.93 bits per heavy atom. The number of benzene rings is 2. The Balaban J connectivity index is 1.57. The second-order valence-electron chi connectivity index (χ2n) is 7.91. The number of piperazine rings is 1. The third-order valence-electron chi connectivity index (χ3n) is 5.10. The number of nitrogens with zero attached hydrogens (tertiary/aromatic N) is 1. The lowest BCUT2D eigenvalue weighted by Gasteiger charge is -2.32. The van der Waals surface area contributed by atoms with E-state index in [1.807, 2.05) is 29.2 Å². The molecule has 1 aliphatic rings. The molecule has 3 rings (SSSR count). The van der Waals surface area contributed by atoms with Crippen LogP contribution < -0.4 is 14.4 Å². The molecule has 5 nitrogen and oxygen atoms in total. The minimum absolute atomic E-state index is 0.0300. The van der Waals surface area contributed by atoms with Gasteiger partial charge in [0.2, 0.25) is 0 Å². The van der Waals surface area contributed by atoms with Gasteiger partial charge in [-0.05, 0) is 42.3 Å². The summed E-state index contributed by atoms with van der Waals surface area (Å²) in [5.41, 5.74) is 1.51. The van der Waals surface area contributed by atoms with Gasteiger partial charge in [0.15, 0.2) is 0 Å². The first kappa shape index (κ1) is 21.1. The molecule has 0 spiro atoms. The molecule has 0 atom stereocenters. The normalized spacial score (nSPS) is 14.9. The number of methoxy groups -OCH3 is 1. The van der Waals surface area contributed by atoms with E-state index in [0.29, 0.717) is 43.5 Å². The number of amides is 1. The van der Waals surface area contributed by atoms with Gasteiger partial charge >= 0.3 is 0 Å². The first-order valence-corrected chi connectivity index (χ1v) is 10.1. The fourth-order valence-electron chi connectivity index (χ4n) is 3.52. The van der Waals surface area contributed by atoms with Crippen LogP contribution in [0.15, 0.2) is 42.5 Å². The molecule has 2 aromatic carbocycles. The fraction of sp³-hybridized carbons (Fsp3) is 0.435. The molecule has 0 unspecified atom stereocenters. The molecule has 29 heavy (non-hydrogen) atoms. The van der Waals surface area contributed by atoms with Crippen molar-refractivity contribution in [2.24, 2.45) is 5.92 Å². The Morgan fingerprint density at radius 3 is 2.62 bits per heavy atom. The number of hydrogen-bond donors (Lipinski definition) is 1. The molecule has 0 saturated carbocycles. The third-order valence-corrected chi connectivity index (χ3v) is 5.10. The van der Waals surface area contributed by atoms with Crippen LogP contribution >= 0.6 is 0 Å². The highest BCUT2D eigenvalue weighted by Gasteiger charge is 2.25. The average molecular weight is 402 g/mol. The molecule has 1 saturated heterocycles. The lowest BCUT2D eigenvalue weighted by Crippen LogP contribution is -3.13. The van der Waals surface area contributed by atoms with E-state index in [9.17, 15) is 9.18 Å². The highest BCUT2D eigenvalue weighted by Crippen LogP contribution is 2.19. The number of halogens is 1. The zero-order chi connectivity index (χ0) is 20.8. The number of carbonyl (C=O) groups is 1. The van der Waals surface area contributed by atoms with Crippen molar-refractivity contribution in [2.75, 3.05) is 39.9 Å².